The van der Waals surface area contributed by atoms with Gasteiger partial charge in [-0.2, -0.15) is 0 Å². The second-order valence-electron chi connectivity index (χ2n) is 5.28. The maximum atomic E-state index is 6.00. The average molecular weight is 286 g/mol. The molecule has 1 saturated heterocycles. The fraction of sp³-hybridized carbons (Fsp3) is 0.412. The molecule has 2 aromatic carbocycles. The zero-order chi connectivity index (χ0) is 14.5. The van der Waals surface area contributed by atoms with E-state index in [-0.39, 0.29) is 0 Å². The predicted octanol–water partition coefficient (Wildman–Crippen LogP) is 2.01. The van der Waals surface area contributed by atoms with E-state index >= 15 is 0 Å². The average Bonchev–Trinajstić information content (AvgIpc) is 2.56. The molecular formula is C17H22N2O2. The number of ether oxygens (including phenoxy) is 2. The fourth-order valence-corrected chi connectivity index (χ4v) is 2.75. The van der Waals surface area contributed by atoms with Crippen molar-refractivity contribution in [2.45, 2.75) is 6.54 Å². The van der Waals surface area contributed by atoms with Crippen molar-refractivity contribution in [2.24, 2.45) is 5.73 Å². The highest BCUT2D eigenvalue weighted by Gasteiger charge is 2.10. The van der Waals surface area contributed by atoms with Gasteiger partial charge in [-0.25, -0.2) is 0 Å². The van der Waals surface area contributed by atoms with Gasteiger partial charge < -0.3 is 15.2 Å². The van der Waals surface area contributed by atoms with Gasteiger partial charge in [0.25, 0.3) is 0 Å². The van der Waals surface area contributed by atoms with Crippen molar-refractivity contribution in [3.63, 3.8) is 0 Å². The number of hydrogen-bond acceptors (Lipinski definition) is 4. The van der Waals surface area contributed by atoms with Crippen molar-refractivity contribution in [3.05, 3.63) is 42.0 Å². The van der Waals surface area contributed by atoms with Crippen LogP contribution in [0.1, 0.15) is 5.56 Å². The first kappa shape index (κ1) is 14.3. The molecule has 1 aliphatic heterocycles. The lowest BCUT2D eigenvalue weighted by molar-refractivity contribution is 0.0323. The Labute approximate surface area is 125 Å². The molecule has 1 fully saturated rings. The van der Waals surface area contributed by atoms with Gasteiger partial charge in [0, 0.05) is 31.6 Å². The standard InChI is InChI=1S/C17H22N2O2/c18-13-14-5-6-17(16-4-2-1-3-15(14)16)21-12-9-19-7-10-20-11-8-19/h1-6H,7-13,18H2. The zero-order valence-corrected chi connectivity index (χ0v) is 12.3. The summed E-state index contributed by atoms with van der Waals surface area (Å²) < 4.78 is 11.4. The molecule has 112 valence electrons. The van der Waals surface area contributed by atoms with Crippen molar-refractivity contribution in [1.82, 2.24) is 4.90 Å². The second-order valence-corrected chi connectivity index (χ2v) is 5.28. The van der Waals surface area contributed by atoms with Crippen molar-refractivity contribution < 1.29 is 9.47 Å². The summed E-state index contributed by atoms with van der Waals surface area (Å²) in [5.74, 6) is 0.941. The molecule has 21 heavy (non-hydrogen) atoms. The molecule has 0 radical (unpaired) electrons. The molecule has 2 aromatic rings. The van der Waals surface area contributed by atoms with Crippen molar-refractivity contribution in [2.75, 3.05) is 39.5 Å². The summed E-state index contributed by atoms with van der Waals surface area (Å²) in [5.41, 5.74) is 6.96. The normalized spacial score (nSPS) is 16.2. The zero-order valence-electron chi connectivity index (χ0n) is 12.3. The molecule has 1 heterocycles. The van der Waals surface area contributed by atoms with E-state index < -0.39 is 0 Å². The first-order chi connectivity index (χ1) is 10.4. The molecule has 0 atom stereocenters. The number of rotatable bonds is 5. The monoisotopic (exact) mass is 286 g/mol. The van der Waals surface area contributed by atoms with E-state index in [1.54, 1.807) is 0 Å². The summed E-state index contributed by atoms with van der Waals surface area (Å²) in [6, 6.07) is 12.4. The number of morpholine rings is 1. The highest BCUT2D eigenvalue weighted by molar-refractivity contribution is 5.91. The van der Waals surface area contributed by atoms with E-state index in [9.17, 15) is 0 Å². The van der Waals surface area contributed by atoms with Gasteiger partial charge in [0.1, 0.15) is 12.4 Å². The molecule has 4 heteroatoms. The second kappa shape index (κ2) is 6.89. The summed E-state index contributed by atoms with van der Waals surface area (Å²) in [4.78, 5) is 2.37. The molecule has 0 bridgehead atoms. The van der Waals surface area contributed by atoms with Crippen LogP contribution in [0.5, 0.6) is 5.75 Å². The highest BCUT2D eigenvalue weighted by atomic mass is 16.5. The van der Waals surface area contributed by atoms with Crippen LogP contribution in [0.3, 0.4) is 0 Å². The van der Waals surface area contributed by atoms with E-state index in [0.29, 0.717) is 13.2 Å². The van der Waals surface area contributed by atoms with Crippen LogP contribution in [0.4, 0.5) is 0 Å². The number of nitrogens with two attached hydrogens (primary N) is 1. The van der Waals surface area contributed by atoms with Gasteiger partial charge in [-0.1, -0.05) is 30.3 Å². The smallest absolute Gasteiger partial charge is 0.127 e. The minimum atomic E-state index is 0.550. The van der Waals surface area contributed by atoms with Gasteiger partial charge in [0.2, 0.25) is 0 Å². The molecular weight excluding hydrogens is 264 g/mol. The molecule has 0 amide bonds. The number of fused-ring (bicyclic) bond motifs is 1. The van der Waals surface area contributed by atoms with Crippen LogP contribution >= 0.6 is 0 Å². The van der Waals surface area contributed by atoms with Crippen molar-refractivity contribution in [1.29, 1.82) is 0 Å². The third kappa shape index (κ3) is 3.35. The topological polar surface area (TPSA) is 47.7 Å². The van der Waals surface area contributed by atoms with Crippen LogP contribution in [-0.2, 0) is 11.3 Å². The van der Waals surface area contributed by atoms with E-state index in [0.717, 1.165) is 49.5 Å². The van der Waals surface area contributed by atoms with Crippen molar-refractivity contribution >= 4 is 10.8 Å². The molecule has 0 aromatic heterocycles. The van der Waals surface area contributed by atoms with Crippen LogP contribution < -0.4 is 10.5 Å². The Morgan fingerprint density at radius 2 is 1.81 bits per heavy atom. The van der Waals surface area contributed by atoms with Gasteiger partial charge in [-0.05, 0) is 17.0 Å². The van der Waals surface area contributed by atoms with Gasteiger partial charge >= 0.3 is 0 Å². The van der Waals surface area contributed by atoms with Crippen LogP contribution in [0.15, 0.2) is 36.4 Å². The number of nitrogens with zero attached hydrogens (tertiary/aromatic N) is 1. The Morgan fingerprint density at radius 3 is 2.57 bits per heavy atom. The maximum absolute atomic E-state index is 6.00. The molecule has 0 saturated carbocycles. The lowest BCUT2D eigenvalue weighted by Gasteiger charge is -2.26. The largest absolute Gasteiger partial charge is 0.492 e. The summed E-state index contributed by atoms with van der Waals surface area (Å²) in [5, 5.41) is 2.33. The third-order valence-electron chi connectivity index (χ3n) is 3.96. The molecule has 1 aliphatic rings. The van der Waals surface area contributed by atoms with Crippen molar-refractivity contribution in [3.8, 4) is 5.75 Å². The third-order valence-corrected chi connectivity index (χ3v) is 3.96. The fourth-order valence-electron chi connectivity index (χ4n) is 2.75. The lowest BCUT2D eigenvalue weighted by Crippen LogP contribution is -2.38. The number of benzene rings is 2. The van der Waals surface area contributed by atoms with Gasteiger partial charge in [0.05, 0.1) is 13.2 Å². The van der Waals surface area contributed by atoms with E-state index in [1.807, 2.05) is 18.2 Å². The minimum Gasteiger partial charge on any atom is -0.492 e. The Bertz CT molecular complexity index is 594. The Balaban J connectivity index is 1.69. The van der Waals surface area contributed by atoms with E-state index in [4.69, 9.17) is 15.2 Å². The molecule has 3 rings (SSSR count). The first-order valence-corrected chi connectivity index (χ1v) is 7.52. The van der Waals surface area contributed by atoms with Gasteiger partial charge in [-0.15, -0.1) is 0 Å². The van der Waals surface area contributed by atoms with Crippen LogP contribution in [0.2, 0.25) is 0 Å². The summed E-state index contributed by atoms with van der Waals surface area (Å²) >= 11 is 0. The van der Waals surface area contributed by atoms with Gasteiger partial charge in [-0.3, -0.25) is 4.90 Å². The van der Waals surface area contributed by atoms with Crippen LogP contribution in [0, 0.1) is 0 Å². The molecule has 4 nitrogen and oxygen atoms in total. The van der Waals surface area contributed by atoms with E-state index in [1.165, 1.54) is 5.39 Å². The maximum Gasteiger partial charge on any atom is 0.127 e. The molecule has 2 N–H and O–H groups in total. The molecule has 0 aliphatic carbocycles. The van der Waals surface area contributed by atoms with Crippen LogP contribution in [-0.4, -0.2) is 44.4 Å². The Morgan fingerprint density at radius 1 is 1.05 bits per heavy atom. The SMILES string of the molecule is NCc1ccc(OCCN2CCOCC2)c2ccccc12. The van der Waals surface area contributed by atoms with E-state index in [2.05, 4.69) is 23.1 Å². The Kier molecular flexibility index (Phi) is 4.70. The lowest BCUT2D eigenvalue weighted by atomic mass is 10.0. The minimum absolute atomic E-state index is 0.550. The molecule has 0 unspecified atom stereocenters. The molecule has 0 spiro atoms. The highest BCUT2D eigenvalue weighted by Crippen LogP contribution is 2.28. The first-order valence-electron chi connectivity index (χ1n) is 7.52. The van der Waals surface area contributed by atoms with Gasteiger partial charge in [0.15, 0.2) is 0 Å². The summed E-state index contributed by atoms with van der Waals surface area (Å²) in [7, 11) is 0. The Hall–Kier alpha value is -1.62. The number of hydrogen-bond donors (Lipinski definition) is 1. The summed E-state index contributed by atoms with van der Waals surface area (Å²) in [6.07, 6.45) is 0. The summed E-state index contributed by atoms with van der Waals surface area (Å²) in [6.45, 7) is 5.84. The quantitative estimate of drug-likeness (QED) is 0.913. The van der Waals surface area contributed by atoms with Crippen LogP contribution in [0.25, 0.3) is 10.8 Å². The predicted molar refractivity (Wildman–Crippen MR) is 84.6 cm³/mol.